The average Bonchev–Trinajstić information content (AvgIpc) is 3.48. The monoisotopic (exact) mass is 481 g/mol. The van der Waals surface area contributed by atoms with Crippen molar-refractivity contribution < 1.29 is 22.7 Å². The van der Waals surface area contributed by atoms with Gasteiger partial charge in [0.05, 0.1) is 35.4 Å². The summed E-state index contributed by atoms with van der Waals surface area (Å²) in [5, 5.41) is 8.58. The SMILES string of the molecule is Cc1cc(N2CCOC2=O)ccc1-n1ccc(=O)c(-c2ccnn2-c2cccc(C(F)(F)F)c2)n1. The topological polar surface area (TPSA) is 82.3 Å². The highest BCUT2D eigenvalue weighted by Gasteiger charge is 2.31. The van der Waals surface area contributed by atoms with E-state index in [0.29, 0.717) is 24.5 Å². The van der Waals surface area contributed by atoms with E-state index < -0.39 is 23.3 Å². The molecule has 1 amide bonds. The average molecular weight is 481 g/mol. The minimum absolute atomic E-state index is 0.0222. The molecular formula is C24H18F3N5O3. The van der Waals surface area contributed by atoms with Gasteiger partial charge in [0.25, 0.3) is 0 Å². The highest BCUT2D eigenvalue weighted by Crippen LogP contribution is 2.31. The number of halogens is 3. The molecule has 0 N–H and O–H groups in total. The number of aryl methyl sites for hydroxylation is 1. The Kier molecular flexibility index (Phi) is 5.39. The first-order valence-corrected chi connectivity index (χ1v) is 10.6. The lowest BCUT2D eigenvalue weighted by atomic mass is 10.1. The molecule has 0 spiro atoms. The predicted molar refractivity (Wildman–Crippen MR) is 121 cm³/mol. The van der Waals surface area contributed by atoms with Gasteiger partial charge in [-0.3, -0.25) is 9.69 Å². The second-order valence-electron chi connectivity index (χ2n) is 7.89. The lowest BCUT2D eigenvalue weighted by molar-refractivity contribution is -0.137. The molecule has 0 atom stereocenters. The third-order valence-corrected chi connectivity index (χ3v) is 5.61. The number of ether oxygens (including phenoxy) is 1. The van der Waals surface area contributed by atoms with E-state index in [4.69, 9.17) is 4.74 Å². The summed E-state index contributed by atoms with van der Waals surface area (Å²) in [6.45, 7) is 2.62. The number of cyclic esters (lactones) is 1. The summed E-state index contributed by atoms with van der Waals surface area (Å²) in [5.41, 5.74) is 1.30. The number of carbonyl (C=O) groups excluding carboxylic acids is 1. The van der Waals surface area contributed by atoms with Gasteiger partial charge in [0.1, 0.15) is 6.61 Å². The molecule has 3 heterocycles. The first-order valence-electron chi connectivity index (χ1n) is 10.6. The number of rotatable bonds is 4. The van der Waals surface area contributed by atoms with Crippen LogP contribution in [0.15, 0.2) is 71.8 Å². The normalized spacial score (nSPS) is 13.8. The Balaban J connectivity index is 1.55. The van der Waals surface area contributed by atoms with Gasteiger partial charge in [-0.15, -0.1) is 0 Å². The maximum Gasteiger partial charge on any atom is 0.416 e. The van der Waals surface area contributed by atoms with Crippen molar-refractivity contribution >= 4 is 11.8 Å². The van der Waals surface area contributed by atoms with Crippen LogP contribution in [0.5, 0.6) is 0 Å². The van der Waals surface area contributed by atoms with Crippen LogP contribution >= 0.6 is 0 Å². The molecule has 1 saturated heterocycles. The maximum absolute atomic E-state index is 13.2. The zero-order valence-corrected chi connectivity index (χ0v) is 18.4. The summed E-state index contributed by atoms with van der Waals surface area (Å²) >= 11 is 0. The van der Waals surface area contributed by atoms with Gasteiger partial charge in [0, 0.05) is 18.0 Å². The van der Waals surface area contributed by atoms with Crippen molar-refractivity contribution in [2.75, 3.05) is 18.1 Å². The first kappa shape index (κ1) is 22.4. The number of amides is 1. The van der Waals surface area contributed by atoms with Crippen LogP contribution in [0.25, 0.3) is 22.8 Å². The van der Waals surface area contributed by atoms with E-state index in [1.165, 1.54) is 50.9 Å². The number of benzene rings is 2. The molecule has 1 aliphatic rings. The molecule has 1 fully saturated rings. The molecule has 8 nitrogen and oxygen atoms in total. The molecular weight excluding hydrogens is 463 g/mol. The molecule has 0 unspecified atom stereocenters. The molecule has 0 radical (unpaired) electrons. The third-order valence-electron chi connectivity index (χ3n) is 5.61. The van der Waals surface area contributed by atoms with Crippen molar-refractivity contribution in [3.05, 3.63) is 88.3 Å². The fourth-order valence-corrected chi connectivity index (χ4v) is 3.91. The maximum atomic E-state index is 13.2. The fraction of sp³-hybridized carbons (Fsp3) is 0.167. The lowest BCUT2D eigenvalue weighted by Gasteiger charge is -2.16. The predicted octanol–water partition coefficient (Wildman–Crippen LogP) is 4.37. The van der Waals surface area contributed by atoms with Gasteiger partial charge in [-0.2, -0.15) is 23.4 Å². The number of alkyl halides is 3. The highest BCUT2D eigenvalue weighted by atomic mass is 19.4. The van der Waals surface area contributed by atoms with E-state index in [1.54, 1.807) is 12.1 Å². The summed E-state index contributed by atoms with van der Waals surface area (Å²) in [5.74, 6) is 0. The van der Waals surface area contributed by atoms with E-state index in [9.17, 15) is 22.8 Å². The summed E-state index contributed by atoms with van der Waals surface area (Å²) in [4.78, 5) is 26.1. The zero-order chi connectivity index (χ0) is 24.7. The van der Waals surface area contributed by atoms with E-state index in [2.05, 4.69) is 10.2 Å². The van der Waals surface area contributed by atoms with Gasteiger partial charge < -0.3 is 4.74 Å². The Bertz CT molecular complexity index is 1490. The van der Waals surface area contributed by atoms with Gasteiger partial charge in [-0.25, -0.2) is 14.2 Å². The molecule has 11 heteroatoms. The van der Waals surface area contributed by atoms with Gasteiger partial charge in [-0.1, -0.05) is 6.07 Å². The molecule has 5 rings (SSSR count). The number of anilines is 1. The second kappa shape index (κ2) is 8.42. The minimum atomic E-state index is -4.52. The second-order valence-corrected chi connectivity index (χ2v) is 7.89. The Morgan fingerprint density at radius 1 is 1.00 bits per heavy atom. The van der Waals surface area contributed by atoms with Crippen LogP contribution in [0.1, 0.15) is 11.1 Å². The number of hydrogen-bond acceptors (Lipinski definition) is 5. The molecule has 0 aliphatic carbocycles. The number of carbonyl (C=O) groups is 1. The van der Waals surface area contributed by atoms with Crippen LogP contribution in [-0.4, -0.2) is 38.8 Å². The van der Waals surface area contributed by atoms with Crippen molar-refractivity contribution in [2.24, 2.45) is 0 Å². The number of aromatic nitrogens is 4. The summed E-state index contributed by atoms with van der Waals surface area (Å²) < 4.78 is 47.3. The smallest absolute Gasteiger partial charge is 0.416 e. The number of nitrogens with zero attached hydrogens (tertiary/aromatic N) is 5. The molecule has 2 aromatic carbocycles. The molecule has 35 heavy (non-hydrogen) atoms. The standard InChI is InChI=1S/C24H18F3N5O3/c1-15-13-17(30-11-12-35-23(30)34)5-6-19(15)31-10-8-21(33)22(29-31)20-7-9-28-32(20)18-4-2-3-16(14-18)24(25,26)27/h2-10,13-14H,11-12H2,1H3. The van der Waals surface area contributed by atoms with Crippen LogP contribution < -0.4 is 10.3 Å². The Labute approximate surface area is 196 Å². The molecule has 0 bridgehead atoms. The van der Waals surface area contributed by atoms with Crippen LogP contribution in [0, 0.1) is 6.92 Å². The third kappa shape index (κ3) is 4.16. The van der Waals surface area contributed by atoms with E-state index in [-0.39, 0.29) is 17.1 Å². The quantitative estimate of drug-likeness (QED) is 0.432. The van der Waals surface area contributed by atoms with Crippen LogP contribution in [0.4, 0.5) is 23.7 Å². The van der Waals surface area contributed by atoms with E-state index in [0.717, 1.165) is 17.7 Å². The summed E-state index contributed by atoms with van der Waals surface area (Å²) in [6, 6.07) is 12.9. The largest absolute Gasteiger partial charge is 0.447 e. The lowest BCUT2D eigenvalue weighted by Crippen LogP contribution is -2.23. The Morgan fingerprint density at radius 3 is 2.54 bits per heavy atom. The molecule has 4 aromatic rings. The van der Waals surface area contributed by atoms with Gasteiger partial charge in [0.2, 0.25) is 5.43 Å². The van der Waals surface area contributed by atoms with Crippen molar-refractivity contribution in [1.29, 1.82) is 0 Å². The van der Waals surface area contributed by atoms with Gasteiger partial charge >= 0.3 is 12.3 Å². The highest BCUT2D eigenvalue weighted by molar-refractivity contribution is 5.89. The molecule has 1 aliphatic heterocycles. The van der Waals surface area contributed by atoms with Crippen molar-refractivity contribution in [3.63, 3.8) is 0 Å². The summed E-state index contributed by atoms with van der Waals surface area (Å²) in [7, 11) is 0. The van der Waals surface area contributed by atoms with Crippen molar-refractivity contribution in [3.8, 4) is 22.8 Å². The molecule has 178 valence electrons. The van der Waals surface area contributed by atoms with Gasteiger partial charge in [0.15, 0.2) is 5.69 Å². The van der Waals surface area contributed by atoms with Crippen molar-refractivity contribution in [2.45, 2.75) is 13.1 Å². The molecule has 2 aromatic heterocycles. The zero-order valence-electron chi connectivity index (χ0n) is 18.4. The van der Waals surface area contributed by atoms with Crippen LogP contribution in [0.2, 0.25) is 0 Å². The Morgan fingerprint density at radius 2 is 1.83 bits per heavy atom. The van der Waals surface area contributed by atoms with E-state index >= 15 is 0 Å². The first-order chi connectivity index (χ1) is 16.7. The summed E-state index contributed by atoms with van der Waals surface area (Å²) in [6.07, 6.45) is -2.04. The fourth-order valence-electron chi connectivity index (χ4n) is 3.91. The van der Waals surface area contributed by atoms with Crippen LogP contribution in [0.3, 0.4) is 0 Å². The Hall–Kier alpha value is -4.41. The van der Waals surface area contributed by atoms with Gasteiger partial charge in [-0.05, 0) is 55.0 Å². The number of hydrogen-bond donors (Lipinski definition) is 0. The van der Waals surface area contributed by atoms with Crippen molar-refractivity contribution in [1.82, 2.24) is 19.6 Å². The van der Waals surface area contributed by atoms with E-state index in [1.807, 2.05) is 13.0 Å². The molecule has 0 saturated carbocycles. The minimum Gasteiger partial charge on any atom is -0.447 e. The van der Waals surface area contributed by atoms with Crippen LogP contribution in [-0.2, 0) is 10.9 Å².